The highest BCUT2D eigenvalue weighted by atomic mass is 15.1. The van der Waals surface area contributed by atoms with Crippen LogP contribution >= 0.6 is 0 Å². The number of aryl methyl sites for hydroxylation is 3. The molecule has 168 valence electrons. The number of hydrogen-bond donors (Lipinski definition) is 0. The molecule has 0 unspecified atom stereocenters. The summed E-state index contributed by atoms with van der Waals surface area (Å²) in [6.45, 7) is 4.48. The predicted molar refractivity (Wildman–Crippen MR) is 143 cm³/mol. The number of para-hydroxylation sites is 1. The second-order valence-corrected chi connectivity index (χ2v) is 9.78. The van der Waals surface area contributed by atoms with Crippen LogP contribution in [0.2, 0.25) is 0 Å². The summed E-state index contributed by atoms with van der Waals surface area (Å²) in [5.74, 6) is 1.23. The molecule has 2 nitrogen and oxygen atoms in total. The van der Waals surface area contributed by atoms with Crippen LogP contribution in [-0.2, 0) is 12.5 Å². The third kappa shape index (κ3) is 2.46. The third-order valence-corrected chi connectivity index (χ3v) is 8.06. The molecule has 2 aromatic heterocycles. The standard InChI is InChI=1S/C33H27N2/c1-22-19-20-27-26-16-10-17-28-31(26)35(30(27)23(22)2)32-29(18-11-21-34(32)3)33(28,24-12-6-4-7-13-24)25-14-8-5-9-15-25/h4-21H,1-3H3/q+1. The van der Waals surface area contributed by atoms with Crippen molar-refractivity contribution in [3.05, 3.63) is 143 Å². The molecule has 7 rings (SSSR count). The van der Waals surface area contributed by atoms with E-state index in [1.165, 1.54) is 61.0 Å². The van der Waals surface area contributed by atoms with Crippen molar-refractivity contribution >= 4 is 21.8 Å². The minimum Gasteiger partial charge on any atom is -0.236 e. The first-order valence-corrected chi connectivity index (χ1v) is 12.3. The van der Waals surface area contributed by atoms with Gasteiger partial charge in [-0.2, -0.15) is 4.57 Å². The lowest BCUT2D eigenvalue weighted by molar-refractivity contribution is -0.666. The number of fused-ring (bicyclic) bond motifs is 5. The summed E-state index contributed by atoms with van der Waals surface area (Å²) in [5, 5.41) is 2.63. The smallest absolute Gasteiger partial charge is 0.236 e. The van der Waals surface area contributed by atoms with Gasteiger partial charge in [-0.15, -0.1) is 0 Å². The molecule has 6 aromatic rings. The normalized spacial score (nSPS) is 13.8. The molecule has 0 atom stereocenters. The van der Waals surface area contributed by atoms with Gasteiger partial charge < -0.3 is 0 Å². The van der Waals surface area contributed by atoms with Gasteiger partial charge in [0.1, 0.15) is 11.0 Å². The zero-order valence-corrected chi connectivity index (χ0v) is 20.3. The summed E-state index contributed by atoms with van der Waals surface area (Å²) >= 11 is 0. The van der Waals surface area contributed by atoms with E-state index in [9.17, 15) is 0 Å². The van der Waals surface area contributed by atoms with Gasteiger partial charge in [-0.25, -0.2) is 4.57 Å². The zero-order chi connectivity index (χ0) is 23.7. The van der Waals surface area contributed by atoms with Gasteiger partial charge in [0.05, 0.1) is 24.2 Å². The zero-order valence-electron chi connectivity index (χ0n) is 20.3. The molecule has 0 saturated heterocycles. The summed E-state index contributed by atoms with van der Waals surface area (Å²) in [5.41, 5.74) is 10.1. The number of pyridine rings is 1. The van der Waals surface area contributed by atoms with Crippen molar-refractivity contribution in [1.82, 2.24) is 4.57 Å². The summed E-state index contributed by atoms with van der Waals surface area (Å²) < 4.78 is 4.83. The Kier molecular flexibility index (Phi) is 4.14. The maximum Gasteiger partial charge on any atom is 0.291 e. The lowest BCUT2D eigenvalue weighted by Gasteiger charge is -2.39. The molecular formula is C33H27N2+. The van der Waals surface area contributed by atoms with Gasteiger partial charge in [0.25, 0.3) is 5.82 Å². The Hall–Kier alpha value is -4.17. The highest BCUT2D eigenvalue weighted by molar-refractivity contribution is 6.12. The van der Waals surface area contributed by atoms with Crippen molar-refractivity contribution in [2.24, 2.45) is 7.05 Å². The Morgan fingerprint density at radius 2 is 1.23 bits per heavy atom. The van der Waals surface area contributed by atoms with E-state index >= 15 is 0 Å². The largest absolute Gasteiger partial charge is 0.291 e. The topological polar surface area (TPSA) is 8.81 Å². The minimum absolute atomic E-state index is 0.427. The molecule has 0 bridgehead atoms. The quantitative estimate of drug-likeness (QED) is 0.252. The van der Waals surface area contributed by atoms with E-state index in [1.807, 2.05) is 0 Å². The number of hydrogen-bond acceptors (Lipinski definition) is 0. The van der Waals surface area contributed by atoms with E-state index in [0.29, 0.717) is 0 Å². The summed E-state index contributed by atoms with van der Waals surface area (Å²) in [4.78, 5) is 0. The lowest BCUT2D eigenvalue weighted by atomic mass is 9.63. The van der Waals surface area contributed by atoms with Gasteiger partial charge in [0, 0.05) is 16.3 Å². The predicted octanol–water partition coefficient (Wildman–Crippen LogP) is 6.92. The van der Waals surface area contributed by atoms with Crippen LogP contribution in [0, 0.1) is 13.8 Å². The molecule has 3 heterocycles. The molecule has 35 heavy (non-hydrogen) atoms. The molecule has 2 heteroatoms. The summed E-state index contributed by atoms with van der Waals surface area (Å²) in [6.07, 6.45) is 2.18. The van der Waals surface area contributed by atoms with Crippen LogP contribution in [0.15, 0.2) is 109 Å². The van der Waals surface area contributed by atoms with Crippen LogP contribution < -0.4 is 4.57 Å². The maximum atomic E-state index is 2.53. The van der Waals surface area contributed by atoms with Crippen LogP contribution in [0.4, 0.5) is 0 Å². The van der Waals surface area contributed by atoms with Gasteiger partial charge in [-0.05, 0) is 60.4 Å². The minimum atomic E-state index is -0.427. The van der Waals surface area contributed by atoms with E-state index < -0.39 is 5.41 Å². The van der Waals surface area contributed by atoms with Crippen LogP contribution in [-0.4, -0.2) is 4.57 Å². The number of aromatic nitrogens is 2. The first-order chi connectivity index (χ1) is 17.1. The monoisotopic (exact) mass is 451 g/mol. The second-order valence-electron chi connectivity index (χ2n) is 9.78. The van der Waals surface area contributed by atoms with E-state index in [0.717, 1.165) is 0 Å². The average Bonchev–Trinajstić information content (AvgIpc) is 3.24. The van der Waals surface area contributed by atoms with Gasteiger partial charge in [-0.1, -0.05) is 78.9 Å². The van der Waals surface area contributed by atoms with Crippen LogP contribution in [0.3, 0.4) is 0 Å². The molecule has 0 saturated carbocycles. The Labute approximate surface area is 205 Å². The maximum absolute atomic E-state index is 2.53. The van der Waals surface area contributed by atoms with Crippen molar-refractivity contribution in [1.29, 1.82) is 0 Å². The van der Waals surface area contributed by atoms with E-state index in [1.54, 1.807) is 0 Å². The fraction of sp³-hybridized carbons (Fsp3) is 0.121. The van der Waals surface area contributed by atoms with Gasteiger partial charge in [0.15, 0.2) is 0 Å². The Balaban J connectivity index is 1.82. The van der Waals surface area contributed by atoms with Gasteiger partial charge >= 0.3 is 0 Å². The van der Waals surface area contributed by atoms with E-state index in [4.69, 9.17) is 0 Å². The molecular weight excluding hydrogens is 424 g/mol. The van der Waals surface area contributed by atoms with Crippen molar-refractivity contribution < 1.29 is 4.57 Å². The molecule has 0 amide bonds. The summed E-state index contributed by atoms with van der Waals surface area (Å²) in [7, 11) is 2.18. The molecule has 0 fully saturated rings. The third-order valence-electron chi connectivity index (χ3n) is 8.06. The Morgan fingerprint density at radius 3 is 1.91 bits per heavy atom. The number of nitrogens with zero attached hydrogens (tertiary/aromatic N) is 2. The number of rotatable bonds is 2. The Bertz CT molecular complexity index is 1720. The molecule has 1 aliphatic rings. The highest BCUT2D eigenvalue weighted by Crippen LogP contribution is 2.53. The fourth-order valence-electron chi connectivity index (χ4n) is 6.42. The van der Waals surface area contributed by atoms with Crippen LogP contribution in [0.5, 0.6) is 0 Å². The lowest BCUT2D eigenvalue weighted by Crippen LogP contribution is -2.43. The first kappa shape index (κ1) is 20.2. The molecule has 0 aliphatic carbocycles. The first-order valence-electron chi connectivity index (χ1n) is 12.3. The van der Waals surface area contributed by atoms with Crippen molar-refractivity contribution in [2.45, 2.75) is 19.3 Å². The highest BCUT2D eigenvalue weighted by Gasteiger charge is 2.49. The van der Waals surface area contributed by atoms with Crippen LogP contribution in [0.25, 0.3) is 27.6 Å². The van der Waals surface area contributed by atoms with E-state index in [2.05, 4.69) is 139 Å². The van der Waals surface area contributed by atoms with Crippen molar-refractivity contribution in [3.8, 4) is 5.82 Å². The number of benzene rings is 4. The molecule has 1 aliphatic heterocycles. The second kappa shape index (κ2) is 7.16. The molecule has 0 N–H and O–H groups in total. The van der Waals surface area contributed by atoms with Gasteiger partial charge in [-0.3, -0.25) is 0 Å². The van der Waals surface area contributed by atoms with Gasteiger partial charge in [0.2, 0.25) is 0 Å². The van der Waals surface area contributed by atoms with E-state index in [-0.39, 0.29) is 0 Å². The van der Waals surface area contributed by atoms with Crippen molar-refractivity contribution in [3.63, 3.8) is 0 Å². The van der Waals surface area contributed by atoms with Crippen molar-refractivity contribution in [2.75, 3.05) is 0 Å². The molecule has 0 radical (unpaired) electrons. The molecule has 0 spiro atoms. The van der Waals surface area contributed by atoms with Crippen LogP contribution in [0.1, 0.15) is 33.4 Å². The SMILES string of the molecule is Cc1ccc2c3cccc4c3n(c2c1C)-c1c(ccc[n+]1C)C4(c1ccccc1)c1ccccc1. The Morgan fingerprint density at radius 1 is 0.600 bits per heavy atom. The average molecular weight is 452 g/mol. The summed E-state index contributed by atoms with van der Waals surface area (Å²) in [6, 6.07) is 38.0. The molecule has 4 aromatic carbocycles. The fourth-order valence-corrected chi connectivity index (χ4v) is 6.42.